The number of phenols is 1. The molecule has 0 unspecified atom stereocenters. The van der Waals surface area contributed by atoms with Crippen LogP contribution in [0.4, 0.5) is 5.69 Å². The van der Waals surface area contributed by atoms with E-state index >= 15 is 0 Å². The van der Waals surface area contributed by atoms with Crippen molar-refractivity contribution in [2.75, 3.05) is 11.9 Å². The van der Waals surface area contributed by atoms with Crippen molar-refractivity contribution in [3.05, 3.63) is 21.1 Å². The number of phenolic OH excluding ortho intramolecular Hbond substituents is 1. The summed E-state index contributed by atoms with van der Waals surface area (Å²) in [5, 5.41) is 50.9. The lowest BCUT2D eigenvalue weighted by molar-refractivity contribution is -0.221. The highest BCUT2D eigenvalue weighted by Crippen LogP contribution is 2.36. The van der Waals surface area contributed by atoms with Gasteiger partial charge in [-0.1, -0.05) is 0 Å². The van der Waals surface area contributed by atoms with Crippen LogP contribution in [-0.2, 0) is 4.74 Å². The molecule has 0 radical (unpaired) electrons. The van der Waals surface area contributed by atoms with Crippen molar-refractivity contribution in [3.8, 4) is 5.75 Å². The standard InChI is InChI=1S/C12H15Br2NO6/c13-5-1-4(2-6(14)8(5)17)15-12-11(20)10(19)9(18)7(3-16)21-12/h1-2,7,9-12,15-20H,3H2/t7-,9+,10+,11-,12-/m1/s1. The van der Waals surface area contributed by atoms with Crippen LogP contribution in [0.1, 0.15) is 0 Å². The number of anilines is 1. The van der Waals surface area contributed by atoms with E-state index in [4.69, 9.17) is 9.84 Å². The lowest BCUT2D eigenvalue weighted by Gasteiger charge is -2.40. The fourth-order valence-electron chi connectivity index (χ4n) is 2.03. The summed E-state index contributed by atoms with van der Waals surface area (Å²) in [6.45, 7) is -0.494. The Hall–Kier alpha value is -0.420. The Labute approximate surface area is 137 Å². The van der Waals surface area contributed by atoms with Crippen molar-refractivity contribution in [2.45, 2.75) is 30.6 Å². The van der Waals surface area contributed by atoms with Gasteiger partial charge in [0.2, 0.25) is 0 Å². The summed E-state index contributed by atoms with van der Waals surface area (Å²) < 4.78 is 6.17. The van der Waals surface area contributed by atoms with E-state index in [1.54, 1.807) is 12.1 Å². The van der Waals surface area contributed by atoms with Crippen molar-refractivity contribution in [2.24, 2.45) is 0 Å². The highest BCUT2D eigenvalue weighted by atomic mass is 79.9. The average Bonchev–Trinajstić information content (AvgIpc) is 2.45. The molecule has 5 atom stereocenters. The Balaban J connectivity index is 2.18. The maximum atomic E-state index is 9.92. The van der Waals surface area contributed by atoms with Crippen LogP contribution in [0.15, 0.2) is 21.1 Å². The molecule has 1 aliphatic heterocycles. The minimum atomic E-state index is -1.45. The first-order chi connectivity index (χ1) is 9.85. The maximum Gasteiger partial charge on any atom is 0.157 e. The zero-order valence-corrected chi connectivity index (χ0v) is 13.8. The van der Waals surface area contributed by atoms with Gasteiger partial charge >= 0.3 is 0 Å². The summed E-state index contributed by atoms with van der Waals surface area (Å²) in [6.07, 6.45) is -6.23. The third-order valence-corrected chi connectivity index (χ3v) is 4.43. The van der Waals surface area contributed by atoms with Gasteiger partial charge in [-0.15, -0.1) is 0 Å². The van der Waals surface area contributed by atoms with Crippen LogP contribution >= 0.6 is 31.9 Å². The SMILES string of the molecule is OC[C@H]1O[C@@H](Nc2cc(Br)c(O)c(Br)c2)[C@H](O)[C@@H](O)[C@H]1O. The Morgan fingerprint density at radius 2 is 1.62 bits per heavy atom. The minimum absolute atomic E-state index is 0.0225. The molecule has 118 valence electrons. The van der Waals surface area contributed by atoms with Gasteiger partial charge < -0.3 is 35.6 Å². The van der Waals surface area contributed by atoms with Crippen LogP contribution in [0.3, 0.4) is 0 Å². The maximum absolute atomic E-state index is 9.92. The highest BCUT2D eigenvalue weighted by Gasteiger charge is 2.43. The number of halogens is 2. The summed E-state index contributed by atoms with van der Waals surface area (Å²) in [7, 11) is 0. The third kappa shape index (κ3) is 3.50. The molecule has 1 aromatic rings. The molecule has 21 heavy (non-hydrogen) atoms. The van der Waals surface area contributed by atoms with Gasteiger partial charge in [0.25, 0.3) is 0 Å². The summed E-state index contributed by atoms with van der Waals surface area (Å²) in [5.74, 6) is 0.0225. The Bertz CT molecular complexity index is 492. The van der Waals surface area contributed by atoms with E-state index in [-0.39, 0.29) is 5.75 Å². The minimum Gasteiger partial charge on any atom is -0.506 e. The number of aromatic hydroxyl groups is 1. The monoisotopic (exact) mass is 427 g/mol. The number of rotatable bonds is 3. The number of hydrogen-bond donors (Lipinski definition) is 6. The van der Waals surface area contributed by atoms with Crippen LogP contribution in [0.2, 0.25) is 0 Å². The molecule has 0 aliphatic carbocycles. The number of hydrogen-bond acceptors (Lipinski definition) is 7. The van der Waals surface area contributed by atoms with Crippen LogP contribution in [0, 0.1) is 0 Å². The molecule has 1 fully saturated rings. The second kappa shape index (κ2) is 6.78. The van der Waals surface area contributed by atoms with Gasteiger partial charge in [0.15, 0.2) is 6.23 Å². The number of aliphatic hydroxyl groups is 4. The van der Waals surface area contributed by atoms with Gasteiger partial charge in [-0.05, 0) is 44.0 Å². The van der Waals surface area contributed by atoms with Gasteiger partial charge in [-0.25, -0.2) is 0 Å². The van der Waals surface area contributed by atoms with Crippen LogP contribution in [0.25, 0.3) is 0 Å². The van der Waals surface area contributed by atoms with Crippen molar-refractivity contribution in [1.82, 2.24) is 0 Å². The zero-order valence-electron chi connectivity index (χ0n) is 10.6. The number of aliphatic hydroxyl groups excluding tert-OH is 4. The van der Waals surface area contributed by atoms with Gasteiger partial charge in [0.1, 0.15) is 30.2 Å². The quantitative estimate of drug-likeness (QED) is 0.378. The lowest BCUT2D eigenvalue weighted by atomic mass is 9.98. The summed E-state index contributed by atoms with van der Waals surface area (Å²) in [5.41, 5.74) is 0.496. The topological polar surface area (TPSA) is 122 Å². The Morgan fingerprint density at radius 1 is 1.05 bits per heavy atom. The molecule has 9 heteroatoms. The lowest BCUT2D eigenvalue weighted by Crippen LogP contribution is -2.60. The molecule has 7 nitrogen and oxygen atoms in total. The molecule has 6 N–H and O–H groups in total. The van der Waals surface area contributed by atoms with E-state index in [2.05, 4.69) is 37.2 Å². The molecule has 1 aromatic carbocycles. The predicted octanol–water partition coefficient (Wildman–Crippen LogP) is 0.129. The van der Waals surface area contributed by atoms with Crippen LogP contribution in [0.5, 0.6) is 5.75 Å². The first-order valence-electron chi connectivity index (χ1n) is 6.10. The second-order valence-electron chi connectivity index (χ2n) is 4.68. The third-order valence-electron chi connectivity index (χ3n) is 3.22. The molecule has 1 saturated heterocycles. The molecule has 1 heterocycles. The van der Waals surface area contributed by atoms with E-state index in [9.17, 15) is 20.4 Å². The van der Waals surface area contributed by atoms with Crippen molar-refractivity contribution in [1.29, 1.82) is 0 Å². The molecule has 0 bridgehead atoms. The molecule has 0 aromatic heterocycles. The van der Waals surface area contributed by atoms with Crippen molar-refractivity contribution < 1.29 is 30.3 Å². The fraction of sp³-hybridized carbons (Fsp3) is 0.500. The average molecular weight is 429 g/mol. The van der Waals surface area contributed by atoms with Gasteiger partial charge in [-0.3, -0.25) is 0 Å². The highest BCUT2D eigenvalue weighted by molar-refractivity contribution is 9.11. The van der Waals surface area contributed by atoms with Crippen molar-refractivity contribution >= 4 is 37.5 Å². The van der Waals surface area contributed by atoms with E-state index < -0.39 is 37.3 Å². The molecule has 0 amide bonds. The smallest absolute Gasteiger partial charge is 0.157 e. The zero-order chi connectivity index (χ0) is 15.7. The van der Waals surface area contributed by atoms with E-state index in [0.717, 1.165) is 0 Å². The summed E-state index contributed by atoms with van der Waals surface area (Å²) in [6, 6.07) is 3.11. The van der Waals surface area contributed by atoms with Gasteiger partial charge in [0.05, 0.1) is 15.6 Å². The van der Waals surface area contributed by atoms with Crippen molar-refractivity contribution in [3.63, 3.8) is 0 Å². The first-order valence-corrected chi connectivity index (χ1v) is 7.68. The Kier molecular flexibility index (Phi) is 5.47. The number of benzene rings is 1. The molecule has 0 spiro atoms. The van der Waals surface area contributed by atoms with E-state index in [0.29, 0.717) is 14.6 Å². The molecular formula is C12H15Br2NO6. The summed E-state index contributed by atoms with van der Waals surface area (Å²) in [4.78, 5) is 0. The Morgan fingerprint density at radius 3 is 2.14 bits per heavy atom. The number of nitrogens with one attached hydrogen (secondary N) is 1. The predicted molar refractivity (Wildman–Crippen MR) is 80.9 cm³/mol. The normalized spacial score (nSPS) is 33.0. The molecule has 0 saturated carbocycles. The number of ether oxygens (including phenoxy) is 1. The molecule has 1 aliphatic rings. The van der Waals surface area contributed by atoms with E-state index in [1.165, 1.54) is 0 Å². The van der Waals surface area contributed by atoms with Gasteiger partial charge in [-0.2, -0.15) is 0 Å². The van der Waals surface area contributed by atoms with Crippen LogP contribution in [-0.4, -0.2) is 62.8 Å². The van der Waals surface area contributed by atoms with Gasteiger partial charge in [0, 0.05) is 5.69 Å². The summed E-state index contributed by atoms with van der Waals surface area (Å²) >= 11 is 6.34. The fourth-order valence-corrected chi connectivity index (χ4v) is 3.22. The first kappa shape index (κ1) is 16.9. The largest absolute Gasteiger partial charge is 0.506 e. The van der Waals surface area contributed by atoms with Crippen LogP contribution < -0.4 is 5.32 Å². The van der Waals surface area contributed by atoms with E-state index in [1.807, 2.05) is 0 Å². The molecular weight excluding hydrogens is 414 g/mol. The second-order valence-corrected chi connectivity index (χ2v) is 6.39. The molecule has 2 rings (SSSR count).